The predicted octanol–water partition coefficient (Wildman–Crippen LogP) is 3.11. The first kappa shape index (κ1) is 26.3. The Kier molecular flexibility index (Phi) is 7.04. The molecule has 1 amide bonds. The number of aromatic hydroxyl groups is 3. The minimum absolute atomic E-state index is 0.0139. The van der Waals surface area contributed by atoms with Gasteiger partial charge in [0.1, 0.15) is 0 Å². The summed E-state index contributed by atoms with van der Waals surface area (Å²) in [5.74, 6) is -1.81. The van der Waals surface area contributed by atoms with Crippen LogP contribution in [0.25, 0.3) is 0 Å². The number of amidine groups is 2. The van der Waals surface area contributed by atoms with E-state index in [4.69, 9.17) is 0 Å². The van der Waals surface area contributed by atoms with E-state index in [-0.39, 0.29) is 34.4 Å². The first-order valence-electron chi connectivity index (χ1n) is 10.3. The molecule has 0 saturated heterocycles. The van der Waals surface area contributed by atoms with Gasteiger partial charge in [-0.05, 0) is 51.2 Å². The van der Waals surface area contributed by atoms with Crippen molar-refractivity contribution in [2.24, 2.45) is 14.2 Å². The first-order valence-corrected chi connectivity index (χ1v) is 12.5. The van der Waals surface area contributed by atoms with Gasteiger partial charge in [-0.3, -0.25) is 4.79 Å². The van der Waals surface area contributed by atoms with E-state index in [2.05, 4.69) is 35.4 Å². The Morgan fingerprint density at radius 2 is 1.66 bits per heavy atom. The van der Waals surface area contributed by atoms with Crippen LogP contribution in [0.5, 0.6) is 17.2 Å². The molecule has 5 N–H and O–H groups in total. The van der Waals surface area contributed by atoms with Gasteiger partial charge in [-0.2, -0.15) is 8.42 Å². The fourth-order valence-electron chi connectivity index (χ4n) is 3.39. The molecular weight excluding hydrogens is 542 g/mol. The molecule has 2 aromatic carbocycles. The summed E-state index contributed by atoms with van der Waals surface area (Å²) >= 11 is 3.25. The third kappa shape index (κ3) is 5.68. The predicted molar refractivity (Wildman–Crippen MR) is 136 cm³/mol. The molecule has 1 aliphatic heterocycles. The average Bonchev–Trinajstić information content (AvgIpc) is 3.02. The highest BCUT2D eigenvalue weighted by Gasteiger charge is 2.33. The maximum atomic E-state index is 12.5. The van der Waals surface area contributed by atoms with Gasteiger partial charge < -0.3 is 30.9 Å². The summed E-state index contributed by atoms with van der Waals surface area (Å²) in [5, 5.41) is 36.2. The van der Waals surface area contributed by atoms with Gasteiger partial charge >= 0.3 is 10.2 Å². The molecule has 1 heterocycles. The number of anilines is 1. The normalized spacial score (nSPS) is 15.7. The largest absolute Gasteiger partial charge is 0.505 e. The zero-order chi connectivity index (χ0) is 26.3. The number of halogens is 1. The molecule has 1 atom stereocenters. The van der Waals surface area contributed by atoms with E-state index in [0.717, 1.165) is 0 Å². The second kappa shape index (κ2) is 9.38. The summed E-state index contributed by atoms with van der Waals surface area (Å²) in [6.45, 7) is 5.67. The van der Waals surface area contributed by atoms with Crippen molar-refractivity contribution in [2.45, 2.75) is 26.8 Å². The fraction of sp³-hybridized carbons (Fsp3) is 0.318. The lowest BCUT2D eigenvalue weighted by atomic mass is 9.82. The first-order chi connectivity index (χ1) is 16.1. The molecule has 0 radical (unpaired) electrons. The number of rotatable bonds is 4. The number of carbonyl (C=O) groups excluding carboxylic acids is 1. The topological polar surface area (TPSA) is 164 Å². The molecule has 0 bridgehead atoms. The molecule has 13 heteroatoms. The summed E-state index contributed by atoms with van der Waals surface area (Å²) in [7, 11) is -1.15. The van der Waals surface area contributed by atoms with Crippen molar-refractivity contribution < 1.29 is 28.5 Å². The van der Waals surface area contributed by atoms with Crippen molar-refractivity contribution in [3.63, 3.8) is 0 Å². The van der Waals surface area contributed by atoms with Crippen molar-refractivity contribution in [2.75, 3.05) is 19.4 Å². The summed E-state index contributed by atoms with van der Waals surface area (Å²) in [6, 6.07) is 6.70. The number of amides is 1. The van der Waals surface area contributed by atoms with Crippen LogP contribution in [0, 0.1) is 5.41 Å². The van der Waals surface area contributed by atoms with Gasteiger partial charge in [-0.1, -0.05) is 26.8 Å². The van der Waals surface area contributed by atoms with E-state index in [0.29, 0.717) is 10.0 Å². The molecule has 188 valence electrons. The number of phenols is 3. The Labute approximate surface area is 211 Å². The highest BCUT2D eigenvalue weighted by Crippen LogP contribution is 2.38. The monoisotopic (exact) mass is 567 g/mol. The van der Waals surface area contributed by atoms with Crippen LogP contribution < -0.4 is 10.6 Å². The molecule has 35 heavy (non-hydrogen) atoms. The van der Waals surface area contributed by atoms with Crippen molar-refractivity contribution in [3.05, 3.63) is 45.9 Å². The van der Waals surface area contributed by atoms with Gasteiger partial charge in [0.05, 0.1) is 17.3 Å². The molecule has 0 unspecified atom stereocenters. The standard InChI is InChI=1S/C22H26BrN5O6S/c1-22(2,3)18(11-6-9-14(29)15(30)10-11)25-20-19(26-35(33,34)27-20)24-13-8-7-12(23)16(17(13)31)21(32)28(4)5/h6-10,18,29-31H,1-5H3,(H,24,26)(H,25,27)/t18-/m0/s1. The zero-order valence-corrected chi connectivity index (χ0v) is 22.1. The van der Waals surface area contributed by atoms with E-state index < -0.39 is 33.3 Å². The smallest absolute Gasteiger partial charge is 0.367 e. The molecule has 0 aliphatic carbocycles. The van der Waals surface area contributed by atoms with Gasteiger partial charge in [-0.25, -0.2) is 0 Å². The van der Waals surface area contributed by atoms with Crippen LogP contribution in [0.4, 0.5) is 5.69 Å². The van der Waals surface area contributed by atoms with E-state index in [1.54, 1.807) is 6.07 Å². The van der Waals surface area contributed by atoms with E-state index >= 15 is 0 Å². The summed E-state index contributed by atoms with van der Waals surface area (Å²) in [4.78, 5) is 13.8. The lowest BCUT2D eigenvalue weighted by Crippen LogP contribution is -2.41. The second-order valence-electron chi connectivity index (χ2n) is 9.16. The van der Waals surface area contributed by atoms with Gasteiger partial charge in [0, 0.05) is 18.6 Å². The average molecular weight is 568 g/mol. The Bertz CT molecular complexity index is 1350. The number of hydrogen-bond acceptors (Lipinski definition) is 8. The molecule has 0 spiro atoms. The Hall–Kier alpha value is -3.32. The molecule has 11 nitrogen and oxygen atoms in total. The van der Waals surface area contributed by atoms with Crippen molar-refractivity contribution in [3.8, 4) is 17.2 Å². The number of nitrogens with zero attached hydrogens (tertiary/aromatic N) is 3. The lowest BCUT2D eigenvalue weighted by Gasteiger charge is -2.32. The van der Waals surface area contributed by atoms with Crippen molar-refractivity contribution >= 4 is 49.4 Å². The molecular formula is C22H26BrN5O6S. The molecule has 2 aromatic rings. The van der Waals surface area contributed by atoms with Crippen LogP contribution in [0.1, 0.15) is 42.7 Å². The quantitative estimate of drug-likeness (QED) is 0.351. The lowest BCUT2D eigenvalue weighted by molar-refractivity contribution is 0.0824. The number of benzene rings is 2. The summed E-state index contributed by atoms with van der Waals surface area (Å²) in [5.41, 5.74) is 0.0805. The van der Waals surface area contributed by atoms with Crippen LogP contribution in [-0.2, 0) is 10.2 Å². The van der Waals surface area contributed by atoms with Crippen LogP contribution in [0.2, 0.25) is 0 Å². The van der Waals surface area contributed by atoms with E-state index in [1.807, 2.05) is 20.8 Å². The van der Waals surface area contributed by atoms with Crippen molar-refractivity contribution in [1.82, 2.24) is 10.2 Å². The van der Waals surface area contributed by atoms with Crippen LogP contribution >= 0.6 is 15.9 Å². The Balaban J connectivity index is 2.00. The second-order valence-corrected chi connectivity index (χ2v) is 11.3. The van der Waals surface area contributed by atoms with Gasteiger partial charge in [0.15, 0.2) is 28.9 Å². The van der Waals surface area contributed by atoms with Crippen molar-refractivity contribution in [1.29, 1.82) is 0 Å². The maximum Gasteiger partial charge on any atom is 0.367 e. The van der Waals surface area contributed by atoms with Gasteiger partial charge in [0.25, 0.3) is 5.91 Å². The third-order valence-corrected chi connectivity index (χ3v) is 6.61. The molecule has 3 rings (SSSR count). The van der Waals surface area contributed by atoms with Gasteiger partial charge in [0.2, 0.25) is 0 Å². The molecule has 0 saturated carbocycles. The van der Waals surface area contributed by atoms with Crippen LogP contribution in [0.15, 0.2) is 43.6 Å². The highest BCUT2D eigenvalue weighted by molar-refractivity contribution is 9.10. The fourth-order valence-corrected chi connectivity index (χ4v) is 4.66. The summed E-state index contributed by atoms with van der Waals surface area (Å²) in [6.07, 6.45) is 0. The maximum absolute atomic E-state index is 12.5. The van der Waals surface area contributed by atoms with E-state index in [1.165, 1.54) is 43.3 Å². The third-order valence-electron chi connectivity index (χ3n) is 5.12. The highest BCUT2D eigenvalue weighted by atomic mass is 79.9. The zero-order valence-electron chi connectivity index (χ0n) is 19.7. The number of nitrogens with one attached hydrogen (secondary N) is 2. The SMILES string of the molecule is CN(C)C(=O)c1c(Br)ccc(NC2=NS(=O)(=O)N=C2N[C@@H](c2ccc(O)c(O)c2)C(C)(C)C)c1O. The molecule has 0 fully saturated rings. The molecule has 1 aliphatic rings. The molecule has 0 aromatic heterocycles. The number of hydrogen-bond donors (Lipinski definition) is 5. The van der Waals surface area contributed by atoms with Crippen LogP contribution in [-0.4, -0.2) is 60.3 Å². The van der Waals surface area contributed by atoms with Crippen LogP contribution in [0.3, 0.4) is 0 Å². The van der Waals surface area contributed by atoms with E-state index in [9.17, 15) is 28.5 Å². The minimum Gasteiger partial charge on any atom is -0.505 e. The summed E-state index contributed by atoms with van der Waals surface area (Å²) < 4.78 is 32.2. The Morgan fingerprint density at radius 1 is 1.03 bits per heavy atom. The van der Waals surface area contributed by atoms with Gasteiger partial charge in [-0.15, -0.1) is 8.80 Å². The Morgan fingerprint density at radius 3 is 2.23 bits per heavy atom. The number of phenolic OH excluding ortho intramolecular Hbond substituents is 3. The number of carbonyl (C=O) groups is 1. The minimum atomic E-state index is -4.22.